The van der Waals surface area contributed by atoms with E-state index in [1.807, 2.05) is 0 Å². The predicted molar refractivity (Wildman–Crippen MR) is 58.3 cm³/mol. The second kappa shape index (κ2) is 4.48. The molecule has 1 fully saturated rings. The lowest BCUT2D eigenvalue weighted by molar-refractivity contribution is -0.144. The van der Waals surface area contributed by atoms with Crippen molar-refractivity contribution in [3.63, 3.8) is 0 Å². The number of rotatable bonds is 3. The van der Waals surface area contributed by atoms with Crippen LogP contribution in [-0.2, 0) is 4.79 Å². The molecule has 1 aromatic rings. The molecule has 6 heteroatoms. The van der Waals surface area contributed by atoms with Crippen LogP contribution in [0.5, 0.6) is 0 Å². The number of carboxylic acids is 1. The van der Waals surface area contributed by atoms with Crippen molar-refractivity contribution in [3.05, 3.63) is 24.3 Å². The van der Waals surface area contributed by atoms with Crippen molar-refractivity contribution in [2.24, 2.45) is 0 Å². The molecule has 0 radical (unpaired) electrons. The number of carbonyl (C=O) groups is 2. The first-order chi connectivity index (χ1) is 8.14. The maximum Gasteiger partial charge on any atom is 0.329 e. The van der Waals surface area contributed by atoms with E-state index in [0.29, 0.717) is 12.8 Å². The molecule has 1 saturated carbocycles. The second-order valence-electron chi connectivity index (χ2n) is 4.18. The molecule has 0 atom stereocenters. The first kappa shape index (κ1) is 11.5. The molecule has 2 rings (SSSR count). The molecule has 0 saturated heterocycles. The van der Waals surface area contributed by atoms with Crippen LogP contribution in [0.4, 0.5) is 0 Å². The van der Waals surface area contributed by atoms with E-state index in [1.54, 1.807) is 0 Å². The fraction of sp³-hybridized carbons (Fsp3) is 0.455. The van der Waals surface area contributed by atoms with Gasteiger partial charge in [-0.15, -0.1) is 0 Å². The minimum Gasteiger partial charge on any atom is -0.480 e. The average Bonchev–Trinajstić information content (AvgIpc) is 2.80. The highest BCUT2D eigenvalue weighted by Gasteiger charge is 2.42. The Balaban J connectivity index is 2.15. The zero-order valence-electron chi connectivity index (χ0n) is 9.22. The van der Waals surface area contributed by atoms with E-state index in [1.165, 1.54) is 18.7 Å². The Bertz CT molecular complexity index is 427. The van der Waals surface area contributed by atoms with Crippen LogP contribution in [0.2, 0.25) is 0 Å². The van der Waals surface area contributed by atoms with Crippen LogP contribution in [0, 0.1) is 0 Å². The van der Waals surface area contributed by atoms with Gasteiger partial charge in [-0.3, -0.25) is 4.79 Å². The number of nitrogens with zero attached hydrogens (tertiary/aromatic N) is 2. The summed E-state index contributed by atoms with van der Waals surface area (Å²) in [7, 11) is 0. The molecule has 6 nitrogen and oxygen atoms in total. The monoisotopic (exact) mass is 235 g/mol. The third-order valence-electron chi connectivity index (χ3n) is 3.04. The van der Waals surface area contributed by atoms with Gasteiger partial charge in [0.05, 0.1) is 5.56 Å². The standard InChI is InChI=1S/C11H13N3O3/c15-9(8-5-12-7-13-6-8)14-11(10(16)17)3-1-2-4-11/h5-7H,1-4H2,(H,14,15)(H,16,17). The Morgan fingerprint density at radius 3 is 2.35 bits per heavy atom. The van der Waals surface area contributed by atoms with E-state index in [-0.39, 0.29) is 5.56 Å². The highest BCUT2D eigenvalue weighted by atomic mass is 16.4. The number of amides is 1. The largest absolute Gasteiger partial charge is 0.480 e. The molecule has 2 N–H and O–H groups in total. The van der Waals surface area contributed by atoms with Crippen molar-refractivity contribution >= 4 is 11.9 Å². The lowest BCUT2D eigenvalue weighted by Crippen LogP contribution is -2.52. The zero-order chi connectivity index (χ0) is 12.3. The molecule has 1 amide bonds. The molecule has 0 bridgehead atoms. The van der Waals surface area contributed by atoms with Gasteiger partial charge in [-0.25, -0.2) is 14.8 Å². The van der Waals surface area contributed by atoms with Crippen LogP contribution < -0.4 is 5.32 Å². The predicted octanol–water partition coefficient (Wildman–Crippen LogP) is 0.604. The Morgan fingerprint density at radius 2 is 1.82 bits per heavy atom. The fourth-order valence-electron chi connectivity index (χ4n) is 2.08. The van der Waals surface area contributed by atoms with E-state index < -0.39 is 17.4 Å². The number of carbonyl (C=O) groups excluding carboxylic acids is 1. The number of nitrogens with one attached hydrogen (secondary N) is 1. The fourth-order valence-corrected chi connectivity index (χ4v) is 2.08. The van der Waals surface area contributed by atoms with Gasteiger partial charge < -0.3 is 10.4 Å². The zero-order valence-corrected chi connectivity index (χ0v) is 9.22. The number of hydrogen-bond donors (Lipinski definition) is 2. The maximum atomic E-state index is 11.9. The molecular formula is C11H13N3O3. The topological polar surface area (TPSA) is 92.2 Å². The first-order valence-electron chi connectivity index (χ1n) is 5.45. The summed E-state index contributed by atoms with van der Waals surface area (Å²) in [6.07, 6.45) is 6.64. The van der Waals surface area contributed by atoms with Crippen LogP contribution >= 0.6 is 0 Å². The molecule has 1 aromatic heterocycles. The van der Waals surface area contributed by atoms with Crippen molar-refractivity contribution in [1.29, 1.82) is 0 Å². The van der Waals surface area contributed by atoms with Crippen molar-refractivity contribution in [2.45, 2.75) is 31.2 Å². The molecule has 0 aromatic carbocycles. The van der Waals surface area contributed by atoms with Crippen LogP contribution in [0.1, 0.15) is 36.0 Å². The molecule has 1 aliphatic rings. The summed E-state index contributed by atoms with van der Waals surface area (Å²) in [4.78, 5) is 30.6. The molecular weight excluding hydrogens is 222 g/mol. The maximum absolute atomic E-state index is 11.9. The number of aromatic nitrogens is 2. The van der Waals surface area contributed by atoms with Gasteiger partial charge in [0, 0.05) is 12.4 Å². The van der Waals surface area contributed by atoms with Gasteiger partial charge in [0.15, 0.2) is 0 Å². The Morgan fingerprint density at radius 1 is 1.24 bits per heavy atom. The van der Waals surface area contributed by atoms with Gasteiger partial charge in [0.25, 0.3) is 5.91 Å². The van der Waals surface area contributed by atoms with E-state index in [2.05, 4.69) is 15.3 Å². The Hall–Kier alpha value is -1.98. The summed E-state index contributed by atoms with van der Waals surface area (Å²) >= 11 is 0. The molecule has 90 valence electrons. The van der Waals surface area contributed by atoms with Gasteiger partial charge in [0.1, 0.15) is 11.9 Å². The third-order valence-corrected chi connectivity index (χ3v) is 3.04. The normalized spacial score (nSPS) is 17.6. The molecule has 0 unspecified atom stereocenters. The lowest BCUT2D eigenvalue weighted by Gasteiger charge is -2.25. The van der Waals surface area contributed by atoms with Crippen molar-refractivity contribution in [2.75, 3.05) is 0 Å². The first-order valence-corrected chi connectivity index (χ1v) is 5.45. The van der Waals surface area contributed by atoms with E-state index >= 15 is 0 Å². The van der Waals surface area contributed by atoms with Gasteiger partial charge >= 0.3 is 5.97 Å². The quantitative estimate of drug-likeness (QED) is 0.800. The SMILES string of the molecule is O=C(NC1(C(=O)O)CCCC1)c1cncnc1. The molecule has 0 spiro atoms. The van der Waals surface area contributed by atoms with E-state index in [4.69, 9.17) is 0 Å². The highest BCUT2D eigenvalue weighted by molar-refractivity contribution is 5.97. The summed E-state index contributed by atoms with van der Waals surface area (Å²) in [6.45, 7) is 0. The van der Waals surface area contributed by atoms with Gasteiger partial charge in [-0.05, 0) is 12.8 Å². The smallest absolute Gasteiger partial charge is 0.329 e. The van der Waals surface area contributed by atoms with Crippen molar-refractivity contribution in [3.8, 4) is 0 Å². The van der Waals surface area contributed by atoms with Gasteiger partial charge in [-0.1, -0.05) is 12.8 Å². The molecule has 0 aliphatic heterocycles. The van der Waals surface area contributed by atoms with Crippen LogP contribution in [0.25, 0.3) is 0 Å². The van der Waals surface area contributed by atoms with Crippen LogP contribution in [0.3, 0.4) is 0 Å². The Kier molecular flexibility index (Phi) is 3.03. The highest BCUT2D eigenvalue weighted by Crippen LogP contribution is 2.30. The van der Waals surface area contributed by atoms with Gasteiger partial charge in [-0.2, -0.15) is 0 Å². The van der Waals surface area contributed by atoms with Crippen LogP contribution in [0.15, 0.2) is 18.7 Å². The molecule has 1 heterocycles. The summed E-state index contributed by atoms with van der Waals surface area (Å²) < 4.78 is 0. The number of aliphatic carboxylic acids is 1. The number of carboxylic acid groups (broad SMARTS) is 1. The Labute approximate surface area is 98.1 Å². The van der Waals surface area contributed by atoms with E-state index in [0.717, 1.165) is 12.8 Å². The summed E-state index contributed by atoms with van der Waals surface area (Å²) in [6, 6.07) is 0. The minimum atomic E-state index is -1.12. The second-order valence-corrected chi connectivity index (χ2v) is 4.18. The molecule has 1 aliphatic carbocycles. The molecule has 17 heavy (non-hydrogen) atoms. The summed E-state index contributed by atoms with van der Waals surface area (Å²) in [5.41, 5.74) is -0.840. The van der Waals surface area contributed by atoms with Gasteiger partial charge in [0.2, 0.25) is 0 Å². The summed E-state index contributed by atoms with van der Waals surface area (Å²) in [5.74, 6) is -1.41. The lowest BCUT2D eigenvalue weighted by atomic mass is 9.97. The summed E-state index contributed by atoms with van der Waals surface area (Å²) in [5, 5.41) is 11.8. The van der Waals surface area contributed by atoms with Crippen molar-refractivity contribution in [1.82, 2.24) is 15.3 Å². The van der Waals surface area contributed by atoms with Crippen LogP contribution in [-0.4, -0.2) is 32.5 Å². The minimum absolute atomic E-state index is 0.278. The van der Waals surface area contributed by atoms with E-state index in [9.17, 15) is 14.7 Å². The third kappa shape index (κ3) is 2.25. The van der Waals surface area contributed by atoms with Crippen molar-refractivity contribution < 1.29 is 14.7 Å². The average molecular weight is 235 g/mol. The number of hydrogen-bond acceptors (Lipinski definition) is 4.